The minimum atomic E-state index is -0.939. The zero-order valence-electron chi connectivity index (χ0n) is 13.3. The third-order valence-corrected chi connectivity index (χ3v) is 4.59. The van der Waals surface area contributed by atoms with Gasteiger partial charge in [0.1, 0.15) is 11.3 Å². The van der Waals surface area contributed by atoms with Crippen molar-refractivity contribution < 1.29 is 9.90 Å². The van der Waals surface area contributed by atoms with Gasteiger partial charge in [0.05, 0.1) is 17.0 Å². The molecule has 1 aromatic carbocycles. The van der Waals surface area contributed by atoms with Crippen LogP contribution in [0.2, 0.25) is 0 Å². The number of aryl methyl sites for hydroxylation is 1. The molecule has 124 valence electrons. The molecule has 25 heavy (non-hydrogen) atoms. The van der Waals surface area contributed by atoms with Gasteiger partial charge in [-0.1, -0.05) is 6.07 Å². The molecule has 7 heteroatoms. The van der Waals surface area contributed by atoms with E-state index >= 15 is 0 Å². The number of hydrogen-bond donors (Lipinski definition) is 2. The van der Waals surface area contributed by atoms with E-state index in [0.29, 0.717) is 0 Å². The van der Waals surface area contributed by atoms with Crippen LogP contribution >= 0.6 is 11.3 Å². The topological polar surface area (TPSA) is 79.5 Å². The molecule has 0 aliphatic carbocycles. The summed E-state index contributed by atoms with van der Waals surface area (Å²) < 4.78 is 2.02. The standard InChI is InChI=1S/C18H14N4O2S/c1-11-16(22-9-3-2-4-15(22)19-11)14-10-25-18(21-14)20-13-7-5-12(6-8-13)17(23)24/h2-10H,1H3,(H,20,21)(H,23,24). The lowest BCUT2D eigenvalue weighted by molar-refractivity contribution is 0.0697. The highest BCUT2D eigenvalue weighted by molar-refractivity contribution is 7.14. The monoisotopic (exact) mass is 350 g/mol. The number of thiazole rings is 1. The van der Waals surface area contributed by atoms with Gasteiger partial charge in [0, 0.05) is 17.3 Å². The fraction of sp³-hybridized carbons (Fsp3) is 0.0556. The number of imidazole rings is 1. The first kappa shape index (κ1) is 15.3. The number of pyridine rings is 1. The molecule has 0 bridgehead atoms. The third kappa shape index (κ3) is 2.85. The van der Waals surface area contributed by atoms with Crippen LogP contribution in [0.5, 0.6) is 0 Å². The number of rotatable bonds is 4. The first-order valence-corrected chi connectivity index (χ1v) is 8.50. The van der Waals surface area contributed by atoms with Crippen molar-refractivity contribution in [2.75, 3.05) is 5.32 Å². The normalized spacial score (nSPS) is 10.9. The Kier molecular flexibility index (Phi) is 3.70. The summed E-state index contributed by atoms with van der Waals surface area (Å²) in [6, 6.07) is 12.5. The number of hydrogen-bond acceptors (Lipinski definition) is 5. The summed E-state index contributed by atoms with van der Waals surface area (Å²) >= 11 is 1.49. The summed E-state index contributed by atoms with van der Waals surface area (Å²) in [5.41, 5.74) is 4.69. The maximum absolute atomic E-state index is 10.9. The quantitative estimate of drug-likeness (QED) is 0.576. The number of aromatic nitrogens is 3. The maximum atomic E-state index is 10.9. The van der Waals surface area contributed by atoms with Crippen LogP contribution < -0.4 is 5.32 Å². The van der Waals surface area contributed by atoms with E-state index in [1.54, 1.807) is 24.3 Å². The van der Waals surface area contributed by atoms with Crippen LogP contribution in [0.15, 0.2) is 54.0 Å². The highest BCUT2D eigenvalue weighted by Crippen LogP contribution is 2.29. The lowest BCUT2D eigenvalue weighted by Crippen LogP contribution is -1.96. The third-order valence-electron chi connectivity index (χ3n) is 3.83. The summed E-state index contributed by atoms with van der Waals surface area (Å²) in [5.74, 6) is -0.939. The highest BCUT2D eigenvalue weighted by Gasteiger charge is 2.14. The molecule has 0 fully saturated rings. The van der Waals surface area contributed by atoms with Crippen LogP contribution in [-0.4, -0.2) is 25.4 Å². The van der Waals surface area contributed by atoms with Gasteiger partial charge in [-0.2, -0.15) is 0 Å². The van der Waals surface area contributed by atoms with Gasteiger partial charge in [-0.15, -0.1) is 11.3 Å². The second-order valence-corrected chi connectivity index (χ2v) is 6.38. The highest BCUT2D eigenvalue weighted by atomic mass is 32.1. The molecule has 0 radical (unpaired) electrons. The van der Waals surface area contributed by atoms with Crippen molar-refractivity contribution in [3.05, 3.63) is 65.3 Å². The maximum Gasteiger partial charge on any atom is 0.335 e. The number of fused-ring (bicyclic) bond motifs is 1. The molecular formula is C18H14N4O2S. The molecule has 0 saturated heterocycles. The average Bonchev–Trinajstić information content (AvgIpc) is 3.18. The molecule has 0 aliphatic rings. The Labute approximate surface area is 147 Å². The molecule has 3 aromatic heterocycles. The largest absolute Gasteiger partial charge is 0.478 e. The van der Waals surface area contributed by atoms with Gasteiger partial charge in [0.2, 0.25) is 0 Å². The number of carboxylic acid groups (broad SMARTS) is 1. The fourth-order valence-corrected chi connectivity index (χ4v) is 3.40. The molecule has 0 amide bonds. The molecule has 0 aliphatic heterocycles. The van der Waals surface area contributed by atoms with Crippen LogP contribution in [0, 0.1) is 6.92 Å². The molecule has 4 rings (SSSR count). The fourth-order valence-electron chi connectivity index (χ4n) is 2.68. The molecule has 6 nitrogen and oxygen atoms in total. The molecule has 0 spiro atoms. The average molecular weight is 350 g/mol. The second-order valence-electron chi connectivity index (χ2n) is 5.52. The molecule has 4 aromatic rings. The van der Waals surface area contributed by atoms with Gasteiger partial charge in [-0.05, 0) is 43.3 Å². The Morgan fingerprint density at radius 1 is 1.16 bits per heavy atom. The summed E-state index contributed by atoms with van der Waals surface area (Å²) in [6.45, 7) is 1.97. The van der Waals surface area contributed by atoms with E-state index in [4.69, 9.17) is 5.11 Å². The van der Waals surface area contributed by atoms with E-state index in [-0.39, 0.29) is 5.56 Å². The first-order valence-electron chi connectivity index (χ1n) is 7.62. The van der Waals surface area contributed by atoms with Gasteiger partial charge >= 0.3 is 5.97 Å². The zero-order chi connectivity index (χ0) is 17.4. The van der Waals surface area contributed by atoms with E-state index in [2.05, 4.69) is 15.3 Å². The summed E-state index contributed by atoms with van der Waals surface area (Å²) in [5, 5.41) is 14.9. The van der Waals surface area contributed by atoms with Crippen LogP contribution in [0.3, 0.4) is 0 Å². The molecule has 3 heterocycles. The van der Waals surface area contributed by atoms with Crippen molar-refractivity contribution in [2.24, 2.45) is 0 Å². The summed E-state index contributed by atoms with van der Waals surface area (Å²) in [4.78, 5) is 20.1. The van der Waals surface area contributed by atoms with Crippen LogP contribution in [-0.2, 0) is 0 Å². The van der Waals surface area contributed by atoms with E-state index < -0.39 is 5.97 Å². The molecule has 0 unspecified atom stereocenters. The molecular weight excluding hydrogens is 336 g/mol. The minimum absolute atomic E-state index is 0.256. The van der Waals surface area contributed by atoms with Gasteiger partial charge in [0.25, 0.3) is 0 Å². The number of benzene rings is 1. The van der Waals surface area contributed by atoms with Crippen molar-refractivity contribution in [3.63, 3.8) is 0 Å². The van der Waals surface area contributed by atoms with E-state index in [1.165, 1.54) is 11.3 Å². The van der Waals surface area contributed by atoms with Crippen molar-refractivity contribution in [3.8, 4) is 11.4 Å². The molecule has 0 saturated carbocycles. The van der Waals surface area contributed by atoms with Gasteiger partial charge in [-0.3, -0.25) is 4.40 Å². The zero-order valence-corrected chi connectivity index (χ0v) is 14.1. The second kappa shape index (κ2) is 6.03. The van der Waals surface area contributed by atoms with E-state index in [1.807, 2.05) is 41.1 Å². The smallest absolute Gasteiger partial charge is 0.335 e. The van der Waals surface area contributed by atoms with Gasteiger partial charge < -0.3 is 10.4 Å². The van der Waals surface area contributed by atoms with Crippen molar-refractivity contribution in [1.82, 2.24) is 14.4 Å². The number of anilines is 2. The van der Waals surface area contributed by atoms with E-state index in [0.717, 1.165) is 33.5 Å². The Bertz CT molecular complexity index is 1070. The SMILES string of the molecule is Cc1nc2ccccn2c1-c1csc(Nc2ccc(C(=O)O)cc2)n1. The number of carbonyl (C=O) groups is 1. The number of nitrogens with one attached hydrogen (secondary N) is 1. The molecule has 2 N–H and O–H groups in total. The van der Waals surface area contributed by atoms with Crippen LogP contribution in [0.1, 0.15) is 16.1 Å². The lowest BCUT2D eigenvalue weighted by Gasteiger charge is -2.03. The summed E-state index contributed by atoms with van der Waals surface area (Å²) in [7, 11) is 0. The van der Waals surface area contributed by atoms with Crippen LogP contribution in [0.25, 0.3) is 17.0 Å². The predicted octanol–water partition coefficient (Wildman–Crippen LogP) is 4.21. The predicted molar refractivity (Wildman–Crippen MR) is 97.7 cm³/mol. The first-order chi connectivity index (χ1) is 12.1. The number of nitrogens with zero attached hydrogens (tertiary/aromatic N) is 3. The lowest BCUT2D eigenvalue weighted by atomic mass is 10.2. The van der Waals surface area contributed by atoms with Gasteiger partial charge in [0.15, 0.2) is 5.13 Å². The molecule has 0 atom stereocenters. The Balaban J connectivity index is 1.63. The van der Waals surface area contributed by atoms with Crippen molar-refractivity contribution in [2.45, 2.75) is 6.92 Å². The summed E-state index contributed by atoms with van der Waals surface area (Å²) in [6.07, 6.45) is 1.97. The Morgan fingerprint density at radius 2 is 1.96 bits per heavy atom. The van der Waals surface area contributed by atoms with Crippen LogP contribution in [0.4, 0.5) is 10.8 Å². The Hall–Kier alpha value is -3.19. The minimum Gasteiger partial charge on any atom is -0.478 e. The van der Waals surface area contributed by atoms with Gasteiger partial charge in [-0.25, -0.2) is 14.8 Å². The van der Waals surface area contributed by atoms with Crippen molar-refractivity contribution in [1.29, 1.82) is 0 Å². The number of aromatic carboxylic acids is 1. The van der Waals surface area contributed by atoms with Crippen molar-refractivity contribution >= 4 is 33.8 Å². The number of carboxylic acids is 1. The van der Waals surface area contributed by atoms with E-state index in [9.17, 15) is 4.79 Å². The Morgan fingerprint density at radius 3 is 2.72 bits per heavy atom.